The number of carbonyl (C=O) groups is 1. The van der Waals surface area contributed by atoms with Crippen LogP contribution in [-0.4, -0.2) is 19.7 Å². The summed E-state index contributed by atoms with van der Waals surface area (Å²) >= 11 is 0. The number of benzene rings is 1. The van der Waals surface area contributed by atoms with Crippen LogP contribution in [-0.2, 0) is 11.8 Å². The van der Waals surface area contributed by atoms with Crippen LogP contribution in [0.4, 0.5) is 0 Å². The topological polar surface area (TPSA) is 132 Å². The number of hydrogen-bond acceptors (Lipinski definition) is 7. The largest absolute Gasteiger partial charge is 0.497 e. The Bertz CT molecular complexity index is 722. The summed E-state index contributed by atoms with van der Waals surface area (Å²) in [5.74, 6) is 0.514. The molecular formula is C15H18ClNO7. The van der Waals surface area contributed by atoms with Crippen LogP contribution in [0.5, 0.6) is 5.75 Å². The Morgan fingerprint density at radius 1 is 1.21 bits per heavy atom. The molecule has 9 heteroatoms. The van der Waals surface area contributed by atoms with Gasteiger partial charge in [-0.3, -0.25) is 0 Å². The van der Waals surface area contributed by atoms with Gasteiger partial charge in [-0.15, -0.1) is 10.2 Å². The summed E-state index contributed by atoms with van der Waals surface area (Å²) in [5, 5.41) is 0.983. The van der Waals surface area contributed by atoms with Gasteiger partial charge in [0, 0.05) is 12.3 Å². The minimum atomic E-state index is -4.94. The molecule has 0 unspecified atom stereocenters. The third-order valence-corrected chi connectivity index (χ3v) is 3.29. The Morgan fingerprint density at radius 2 is 1.79 bits per heavy atom. The number of pyridine rings is 1. The summed E-state index contributed by atoms with van der Waals surface area (Å²) in [6, 6.07) is 7.64. The molecule has 0 bridgehead atoms. The number of methoxy groups -OCH3 is 1. The lowest BCUT2D eigenvalue weighted by atomic mass is 10.1. The highest BCUT2D eigenvalue weighted by Gasteiger charge is 2.20. The van der Waals surface area contributed by atoms with Gasteiger partial charge in [0.05, 0.1) is 19.8 Å². The molecule has 0 radical (unpaired) electrons. The number of hydrogen-bond donors (Lipinski definition) is 0. The standard InChI is InChI=1S/C15H18NO3.ClHO4/c1-5-19-15(17)13-8-11-6-7-12(18-4)9-14(11)16(3)10(13)2;2-1(3,4)5/h6-9H,5H2,1-4H3;(H,2,3,4,5)/q+1;/p-1. The van der Waals surface area contributed by atoms with Crippen molar-refractivity contribution in [2.45, 2.75) is 13.8 Å². The Morgan fingerprint density at radius 3 is 2.29 bits per heavy atom. The first-order chi connectivity index (χ1) is 11.1. The molecule has 0 aliphatic heterocycles. The molecule has 132 valence electrons. The minimum Gasteiger partial charge on any atom is -0.497 e. The highest BCUT2D eigenvalue weighted by molar-refractivity contribution is 5.94. The first-order valence-electron chi connectivity index (χ1n) is 6.84. The Balaban J connectivity index is 0.000000505. The van der Waals surface area contributed by atoms with Crippen molar-refractivity contribution in [3.8, 4) is 5.75 Å². The van der Waals surface area contributed by atoms with Crippen molar-refractivity contribution in [2.24, 2.45) is 7.05 Å². The molecule has 0 aliphatic rings. The van der Waals surface area contributed by atoms with E-state index in [1.807, 2.05) is 42.8 Å². The van der Waals surface area contributed by atoms with E-state index in [0.29, 0.717) is 12.2 Å². The number of aryl methyl sites for hydroxylation is 1. The van der Waals surface area contributed by atoms with Crippen LogP contribution in [0.3, 0.4) is 0 Å². The van der Waals surface area contributed by atoms with Gasteiger partial charge in [-0.2, -0.15) is 4.57 Å². The zero-order valence-electron chi connectivity index (χ0n) is 13.7. The normalized spacial score (nSPS) is 10.8. The second-order valence-electron chi connectivity index (χ2n) is 4.73. The van der Waals surface area contributed by atoms with E-state index in [0.717, 1.165) is 22.3 Å². The molecule has 0 saturated heterocycles. The monoisotopic (exact) mass is 359 g/mol. The molecule has 1 aromatic heterocycles. The molecule has 24 heavy (non-hydrogen) atoms. The highest BCUT2D eigenvalue weighted by Crippen LogP contribution is 2.20. The van der Waals surface area contributed by atoms with E-state index >= 15 is 0 Å². The van der Waals surface area contributed by atoms with E-state index in [4.69, 9.17) is 28.1 Å². The van der Waals surface area contributed by atoms with Crippen molar-refractivity contribution in [1.29, 1.82) is 0 Å². The maximum absolute atomic E-state index is 11.9. The lowest BCUT2D eigenvalue weighted by molar-refractivity contribution is -2.00. The van der Waals surface area contributed by atoms with Gasteiger partial charge in [0.1, 0.15) is 18.4 Å². The van der Waals surface area contributed by atoms with Crippen molar-refractivity contribution in [2.75, 3.05) is 13.7 Å². The van der Waals surface area contributed by atoms with E-state index < -0.39 is 10.2 Å². The van der Waals surface area contributed by atoms with E-state index in [2.05, 4.69) is 0 Å². The minimum absolute atomic E-state index is 0.284. The molecule has 0 fully saturated rings. The maximum atomic E-state index is 11.9. The van der Waals surface area contributed by atoms with E-state index in [1.165, 1.54) is 0 Å². The summed E-state index contributed by atoms with van der Waals surface area (Å²) in [5.41, 5.74) is 2.49. The molecule has 2 aromatic rings. The fraction of sp³-hybridized carbons (Fsp3) is 0.333. The quantitative estimate of drug-likeness (QED) is 0.433. The van der Waals surface area contributed by atoms with Crippen LogP contribution < -0.4 is 27.9 Å². The first kappa shape index (κ1) is 20.1. The van der Waals surface area contributed by atoms with Crippen LogP contribution in [0, 0.1) is 17.2 Å². The van der Waals surface area contributed by atoms with Gasteiger partial charge in [-0.05, 0) is 25.1 Å². The Kier molecular flexibility index (Phi) is 6.88. The molecular weight excluding hydrogens is 342 g/mol. The number of aromatic nitrogens is 1. The molecule has 1 heterocycles. The lowest BCUT2D eigenvalue weighted by Crippen LogP contribution is -2.68. The van der Waals surface area contributed by atoms with Gasteiger partial charge in [-0.25, -0.2) is 23.4 Å². The molecule has 8 nitrogen and oxygen atoms in total. The second kappa shape index (κ2) is 8.22. The van der Waals surface area contributed by atoms with Crippen molar-refractivity contribution in [1.82, 2.24) is 0 Å². The number of esters is 1. The van der Waals surface area contributed by atoms with Gasteiger partial charge in [-0.1, -0.05) is 0 Å². The van der Waals surface area contributed by atoms with Crippen LogP contribution in [0.1, 0.15) is 23.0 Å². The van der Waals surface area contributed by atoms with E-state index in [1.54, 1.807) is 14.0 Å². The van der Waals surface area contributed by atoms with Crippen LogP contribution in [0.15, 0.2) is 24.3 Å². The average molecular weight is 360 g/mol. The zero-order valence-corrected chi connectivity index (χ0v) is 14.5. The lowest BCUT2D eigenvalue weighted by Gasteiger charge is -2.17. The number of rotatable bonds is 3. The fourth-order valence-electron chi connectivity index (χ4n) is 2.10. The summed E-state index contributed by atoms with van der Waals surface area (Å²) in [7, 11) is -1.37. The van der Waals surface area contributed by atoms with Gasteiger partial charge in [0.15, 0.2) is 5.69 Å². The summed E-state index contributed by atoms with van der Waals surface area (Å²) < 4.78 is 46.3. The number of fused-ring (bicyclic) bond motifs is 1. The molecule has 0 N–H and O–H groups in total. The molecule has 0 amide bonds. The van der Waals surface area contributed by atoms with Crippen LogP contribution in [0.2, 0.25) is 0 Å². The molecule has 0 saturated carbocycles. The van der Waals surface area contributed by atoms with Crippen molar-refractivity contribution < 1.29 is 47.7 Å². The fourth-order valence-corrected chi connectivity index (χ4v) is 2.10. The average Bonchev–Trinajstić information content (AvgIpc) is 2.49. The van der Waals surface area contributed by atoms with E-state index in [-0.39, 0.29) is 5.97 Å². The van der Waals surface area contributed by atoms with Gasteiger partial charge in [0.2, 0.25) is 5.52 Å². The summed E-state index contributed by atoms with van der Waals surface area (Å²) in [6.07, 6.45) is 0. The zero-order chi connectivity index (χ0) is 18.5. The number of nitrogens with zero attached hydrogens (tertiary/aromatic N) is 1. The molecule has 0 spiro atoms. The maximum Gasteiger partial charge on any atom is 0.344 e. The number of halogens is 1. The number of ether oxygens (including phenoxy) is 2. The highest BCUT2D eigenvalue weighted by atomic mass is 35.7. The van der Waals surface area contributed by atoms with Gasteiger partial charge < -0.3 is 9.47 Å². The van der Waals surface area contributed by atoms with E-state index in [9.17, 15) is 4.79 Å². The molecule has 1 aromatic carbocycles. The van der Waals surface area contributed by atoms with Gasteiger partial charge in [0.25, 0.3) is 0 Å². The molecule has 2 rings (SSSR count). The van der Waals surface area contributed by atoms with Crippen molar-refractivity contribution in [3.63, 3.8) is 0 Å². The smallest absolute Gasteiger partial charge is 0.344 e. The summed E-state index contributed by atoms with van der Waals surface area (Å²) in [6.45, 7) is 4.09. The third kappa shape index (κ3) is 5.59. The van der Waals surface area contributed by atoms with Crippen LogP contribution >= 0.6 is 0 Å². The summed E-state index contributed by atoms with van der Waals surface area (Å²) in [4.78, 5) is 11.9. The molecule has 0 aliphatic carbocycles. The Hall–Kier alpha value is -1.97. The Labute approximate surface area is 141 Å². The second-order valence-corrected chi connectivity index (χ2v) is 5.48. The first-order valence-corrected chi connectivity index (χ1v) is 8.08. The van der Waals surface area contributed by atoms with Crippen molar-refractivity contribution in [3.05, 3.63) is 35.5 Å². The van der Waals surface area contributed by atoms with Gasteiger partial charge >= 0.3 is 5.97 Å². The third-order valence-electron chi connectivity index (χ3n) is 3.29. The SMILES string of the molecule is CCOC(=O)c1cc2ccc(OC)cc2[n+](C)c1C.[O-][Cl+3]([O-])([O-])[O-]. The number of carbonyl (C=O) groups excluding carboxylic acids is 1. The predicted octanol–water partition coefficient (Wildman–Crippen LogP) is -2.60. The van der Waals surface area contributed by atoms with Crippen molar-refractivity contribution >= 4 is 16.9 Å². The predicted molar refractivity (Wildman–Crippen MR) is 72.4 cm³/mol. The molecule has 0 atom stereocenters. The van der Waals surface area contributed by atoms with Crippen LogP contribution in [0.25, 0.3) is 10.9 Å².